The number of benzene rings is 2. The molecule has 0 aliphatic carbocycles. The van der Waals surface area contributed by atoms with Crippen molar-refractivity contribution in [3.63, 3.8) is 0 Å². The van der Waals surface area contributed by atoms with Gasteiger partial charge < -0.3 is 10.2 Å². The van der Waals surface area contributed by atoms with Crippen molar-refractivity contribution in [3.05, 3.63) is 63.6 Å². The van der Waals surface area contributed by atoms with E-state index in [1.807, 2.05) is 57.4 Å². The van der Waals surface area contributed by atoms with Crippen molar-refractivity contribution in [2.24, 2.45) is 0 Å². The van der Waals surface area contributed by atoms with Crippen molar-refractivity contribution >= 4 is 27.5 Å². The average Bonchev–Trinajstić information content (AvgIpc) is 2.37. The molecule has 0 radical (unpaired) electrons. The maximum Gasteiger partial charge on any atom is 0.255 e. The van der Waals surface area contributed by atoms with Gasteiger partial charge in [-0.2, -0.15) is 0 Å². The Labute approximate surface area is 134 Å². The topological polar surface area (TPSA) is 32.3 Å². The van der Waals surface area contributed by atoms with Gasteiger partial charge >= 0.3 is 0 Å². The second-order valence-corrected chi connectivity index (χ2v) is 6.33. The van der Waals surface area contributed by atoms with Crippen molar-refractivity contribution < 1.29 is 4.79 Å². The molecule has 0 aromatic heterocycles. The molecule has 0 fully saturated rings. The van der Waals surface area contributed by atoms with E-state index in [4.69, 9.17) is 0 Å². The van der Waals surface area contributed by atoms with Crippen molar-refractivity contribution in [3.8, 4) is 0 Å². The van der Waals surface area contributed by atoms with Crippen LogP contribution in [0.2, 0.25) is 0 Å². The zero-order valence-electron chi connectivity index (χ0n) is 12.5. The summed E-state index contributed by atoms with van der Waals surface area (Å²) >= 11 is 3.42. The van der Waals surface area contributed by atoms with Gasteiger partial charge in [0, 0.05) is 22.3 Å². The molecule has 0 atom stereocenters. The van der Waals surface area contributed by atoms with Gasteiger partial charge in [0.15, 0.2) is 0 Å². The second kappa shape index (κ2) is 6.87. The fraction of sp³-hybridized carbons (Fsp3) is 0.235. The van der Waals surface area contributed by atoms with Crippen molar-refractivity contribution in [2.75, 3.05) is 19.4 Å². The molecule has 0 aliphatic heterocycles. The molecule has 2 aromatic carbocycles. The average molecular weight is 347 g/mol. The van der Waals surface area contributed by atoms with Gasteiger partial charge in [-0.1, -0.05) is 28.1 Å². The van der Waals surface area contributed by atoms with Crippen LogP contribution in [0.3, 0.4) is 0 Å². The first-order valence-electron chi connectivity index (χ1n) is 6.76. The lowest BCUT2D eigenvalue weighted by molar-refractivity contribution is 0.102. The molecule has 2 aromatic rings. The minimum atomic E-state index is -0.0959. The molecule has 110 valence electrons. The first kappa shape index (κ1) is 15.7. The predicted molar refractivity (Wildman–Crippen MR) is 90.7 cm³/mol. The van der Waals surface area contributed by atoms with E-state index >= 15 is 0 Å². The maximum atomic E-state index is 12.3. The highest BCUT2D eigenvalue weighted by Crippen LogP contribution is 2.18. The molecule has 0 aliphatic rings. The van der Waals surface area contributed by atoms with Crippen molar-refractivity contribution in [1.82, 2.24) is 4.90 Å². The predicted octanol–water partition coefficient (Wildman–Crippen LogP) is 4.07. The highest BCUT2D eigenvalue weighted by Gasteiger charge is 2.08. The Morgan fingerprint density at radius 2 is 1.95 bits per heavy atom. The molecule has 1 amide bonds. The van der Waals surface area contributed by atoms with E-state index in [9.17, 15) is 4.79 Å². The number of carbonyl (C=O) groups is 1. The molecule has 0 saturated heterocycles. The number of halogens is 1. The lowest BCUT2D eigenvalue weighted by Crippen LogP contribution is -2.13. The number of carbonyl (C=O) groups excluding carboxylic acids is 1. The Kier molecular flexibility index (Phi) is 5.15. The van der Waals surface area contributed by atoms with Crippen LogP contribution in [0.25, 0.3) is 0 Å². The number of nitrogens with zero attached hydrogens (tertiary/aromatic N) is 1. The van der Waals surface area contributed by atoms with Crippen LogP contribution in [0, 0.1) is 6.92 Å². The summed E-state index contributed by atoms with van der Waals surface area (Å²) in [5.41, 5.74) is 3.69. The van der Waals surface area contributed by atoms with Crippen molar-refractivity contribution in [1.29, 1.82) is 0 Å². The van der Waals surface area contributed by atoms with Gasteiger partial charge in [0.05, 0.1) is 0 Å². The Bertz CT molecular complexity index is 633. The number of anilines is 1. The Hall–Kier alpha value is -1.65. The molecular formula is C17H19BrN2O. The molecule has 0 bridgehead atoms. The van der Waals surface area contributed by atoms with Gasteiger partial charge in [0.2, 0.25) is 0 Å². The summed E-state index contributed by atoms with van der Waals surface area (Å²) in [6.07, 6.45) is 0. The standard InChI is InChI=1S/C17H19BrN2O/c1-12-7-14(10-15(18)8-12)17(21)19-16-6-4-5-13(9-16)11-20(2)3/h4-10H,11H2,1-3H3,(H,19,21). The lowest BCUT2D eigenvalue weighted by atomic mass is 10.1. The third-order valence-electron chi connectivity index (χ3n) is 2.99. The zero-order valence-corrected chi connectivity index (χ0v) is 14.1. The highest BCUT2D eigenvalue weighted by atomic mass is 79.9. The molecule has 0 saturated carbocycles. The molecule has 21 heavy (non-hydrogen) atoms. The zero-order chi connectivity index (χ0) is 15.4. The number of hydrogen-bond acceptors (Lipinski definition) is 2. The number of amides is 1. The molecule has 0 heterocycles. The summed E-state index contributed by atoms with van der Waals surface area (Å²) in [5.74, 6) is -0.0959. The number of rotatable bonds is 4. The number of hydrogen-bond donors (Lipinski definition) is 1. The van der Waals surface area contributed by atoms with E-state index in [0.717, 1.165) is 22.3 Å². The molecule has 1 N–H and O–H groups in total. The fourth-order valence-corrected chi connectivity index (χ4v) is 2.79. The first-order chi connectivity index (χ1) is 9.94. The molecular weight excluding hydrogens is 328 g/mol. The largest absolute Gasteiger partial charge is 0.322 e. The van der Waals surface area contributed by atoms with Crippen LogP contribution in [0.1, 0.15) is 21.5 Å². The molecule has 4 heteroatoms. The van der Waals surface area contributed by atoms with Crippen LogP contribution in [0.15, 0.2) is 46.9 Å². The summed E-state index contributed by atoms with van der Waals surface area (Å²) in [7, 11) is 4.05. The van der Waals surface area contributed by atoms with Gasteiger partial charge in [-0.3, -0.25) is 4.79 Å². The van der Waals surface area contributed by atoms with Crippen LogP contribution in [0.4, 0.5) is 5.69 Å². The Morgan fingerprint density at radius 1 is 1.19 bits per heavy atom. The molecule has 0 unspecified atom stereocenters. The molecule has 0 spiro atoms. The summed E-state index contributed by atoms with van der Waals surface area (Å²) in [4.78, 5) is 14.4. The summed E-state index contributed by atoms with van der Waals surface area (Å²) < 4.78 is 0.911. The highest BCUT2D eigenvalue weighted by molar-refractivity contribution is 9.10. The monoisotopic (exact) mass is 346 g/mol. The van der Waals surface area contributed by atoms with Gasteiger partial charge in [0.25, 0.3) is 5.91 Å². The Morgan fingerprint density at radius 3 is 2.62 bits per heavy atom. The molecule has 3 nitrogen and oxygen atoms in total. The first-order valence-corrected chi connectivity index (χ1v) is 7.55. The van der Waals surface area contributed by atoms with E-state index in [-0.39, 0.29) is 5.91 Å². The quantitative estimate of drug-likeness (QED) is 0.904. The van der Waals surface area contributed by atoms with E-state index in [1.165, 1.54) is 5.56 Å². The van der Waals surface area contributed by atoms with Crippen LogP contribution < -0.4 is 5.32 Å². The van der Waals surface area contributed by atoms with Gasteiger partial charge in [-0.15, -0.1) is 0 Å². The number of aryl methyl sites for hydroxylation is 1. The molecule has 2 rings (SSSR count). The fourth-order valence-electron chi connectivity index (χ4n) is 2.18. The van der Waals surface area contributed by atoms with Crippen LogP contribution in [-0.4, -0.2) is 24.9 Å². The summed E-state index contributed by atoms with van der Waals surface area (Å²) in [6, 6.07) is 13.6. The number of nitrogens with one attached hydrogen (secondary N) is 1. The van der Waals surface area contributed by atoms with Gasteiger partial charge in [-0.05, 0) is 62.5 Å². The van der Waals surface area contributed by atoms with E-state index < -0.39 is 0 Å². The third kappa shape index (κ3) is 4.69. The SMILES string of the molecule is Cc1cc(Br)cc(C(=O)Nc2cccc(CN(C)C)c2)c1. The van der Waals surface area contributed by atoms with E-state index in [2.05, 4.69) is 32.2 Å². The van der Waals surface area contributed by atoms with Crippen LogP contribution in [0.5, 0.6) is 0 Å². The van der Waals surface area contributed by atoms with E-state index in [0.29, 0.717) is 5.56 Å². The van der Waals surface area contributed by atoms with Crippen LogP contribution >= 0.6 is 15.9 Å². The lowest BCUT2D eigenvalue weighted by Gasteiger charge is -2.12. The smallest absolute Gasteiger partial charge is 0.255 e. The van der Waals surface area contributed by atoms with Gasteiger partial charge in [0.1, 0.15) is 0 Å². The van der Waals surface area contributed by atoms with E-state index in [1.54, 1.807) is 0 Å². The summed E-state index contributed by atoms with van der Waals surface area (Å²) in [6.45, 7) is 2.82. The minimum absolute atomic E-state index is 0.0959. The maximum absolute atomic E-state index is 12.3. The summed E-state index contributed by atoms with van der Waals surface area (Å²) in [5, 5.41) is 2.95. The second-order valence-electron chi connectivity index (χ2n) is 5.41. The van der Waals surface area contributed by atoms with Gasteiger partial charge in [-0.25, -0.2) is 0 Å². The van der Waals surface area contributed by atoms with Crippen molar-refractivity contribution in [2.45, 2.75) is 13.5 Å². The minimum Gasteiger partial charge on any atom is -0.322 e. The normalized spacial score (nSPS) is 10.7. The van der Waals surface area contributed by atoms with Crippen LogP contribution in [-0.2, 0) is 6.54 Å². The Balaban J connectivity index is 2.15. The third-order valence-corrected chi connectivity index (χ3v) is 3.45.